The molecule has 0 amide bonds. The summed E-state index contributed by atoms with van der Waals surface area (Å²) in [6.07, 6.45) is 0. The molecular weight excluding hydrogens is 264 g/mol. The van der Waals surface area contributed by atoms with Gasteiger partial charge in [0.15, 0.2) is 0 Å². The fourth-order valence-corrected chi connectivity index (χ4v) is 2.73. The second kappa shape index (κ2) is 5.46. The number of nitrogens with two attached hydrogens (primary N) is 1. The SMILES string of the molecule is Cc1cc(C(=N)N)ccc1Sc1ccccc1Cl. The maximum Gasteiger partial charge on any atom is 0.122 e. The van der Waals surface area contributed by atoms with E-state index in [9.17, 15) is 0 Å². The quantitative estimate of drug-likeness (QED) is 0.655. The highest BCUT2D eigenvalue weighted by atomic mass is 35.5. The van der Waals surface area contributed by atoms with Gasteiger partial charge in [0.2, 0.25) is 0 Å². The van der Waals surface area contributed by atoms with Crippen molar-refractivity contribution in [2.24, 2.45) is 5.73 Å². The third-order valence-corrected chi connectivity index (χ3v) is 4.24. The Hall–Kier alpha value is -1.45. The average Bonchev–Trinajstić information content (AvgIpc) is 2.34. The van der Waals surface area contributed by atoms with Gasteiger partial charge in [0.1, 0.15) is 5.84 Å². The highest BCUT2D eigenvalue weighted by molar-refractivity contribution is 7.99. The van der Waals surface area contributed by atoms with Crippen LogP contribution in [0.3, 0.4) is 0 Å². The highest BCUT2D eigenvalue weighted by Crippen LogP contribution is 2.34. The molecule has 0 heterocycles. The van der Waals surface area contributed by atoms with Crippen molar-refractivity contribution in [3.63, 3.8) is 0 Å². The number of nitrogen functional groups attached to an aromatic ring is 1. The van der Waals surface area contributed by atoms with E-state index in [0.717, 1.165) is 25.9 Å². The van der Waals surface area contributed by atoms with Crippen molar-refractivity contribution in [1.29, 1.82) is 5.41 Å². The summed E-state index contributed by atoms with van der Waals surface area (Å²) in [6, 6.07) is 13.5. The second-order valence-corrected chi connectivity index (χ2v) is 5.42. The summed E-state index contributed by atoms with van der Waals surface area (Å²) in [5, 5.41) is 8.16. The molecule has 0 saturated heterocycles. The first-order valence-electron chi connectivity index (χ1n) is 5.45. The molecule has 3 N–H and O–H groups in total. The first-order valence-corrected chi connectivity index (χ1v) is 6.65. The van der Waals surface area contributed by atoms with Crippen LogP contribution in [0.5, 0.6) is 0 Å². The van der Waals surface area contributed by atoms with Gasteiger partial charge in [-0.2, -0.15) is 0 Å². The highest BCUT2D eigenvalue weighted by Gasteiger charge is 2.06. The lowest BCUT2D eigenvalue weighted by Crippen LogP contribution is -2.10. The molecule has 2 rings (SSSR count). The van der Waals surface area contributed by atoms with Crippen molar-refractivity contribution in [1.82, 2.24) is 0 Å². The molecular formula is C14H13ClN2S. The largest absolute Gasteiger partial charge is 0.384 e. The number of nitrogens with one attached hydrogen (secondary N) is 1. The molecule has 0 spiro atoms. The zero-order chi connectivity index (χ0) is 13.1. The van der Waals surface area contributed by atoms with E-state index < -0.39 is 0 Å². The Kier molecular flexibility index (Phi) is 3.94. The van der Waals surface area contributed by atoms with Crippen LogP contribution in [0.1, 0.15) is 11.1 Å². The minimum absolute atomic E-state index is 0.0902. The summed E-state index contributed by atoms with van der Waals surface area (Å²) in [7, 11) is 0. The van der Waals surface area contributed by atoms with Gasteiger partial charge in [-0.05, 0) is 36.8 Å². The van der Waals surface area contributed by atoms with Crippen molar-refractivity contribution in [2.45, 2.75) is 16.7 Å². The van der Waals surface area contributed by atoms with Gasteiger partial charge < -0.3 is 5.73 Å². The van der Waals surface area contributed by atoms with Crippen LogP contribution in [0.4, 0.5) is 0 Å². The topological polar surface area (TPSA) is 49.9 Å². The summed E-state index contributed by atoms with van der Waals surface area (Å²) in [5.74, 6) is 0.0902. The number of benzene rings is 2. The summed E-state index contributed by atoms with van der Waals surface area (Å²) >= 11 is 7.75. The number of halogens is 1. The number of amidine groups is 1. The van der Waals surface area contributed by atoms with Crippen molar-refractivity contribution >= 4 is 29.2 Å². The summed E-state index contributed by atoms with van der Waals surface area (Å²) < 4.78 is 0. The van der Waals surface area contributed by atoms with Crippen LogP contribution in [-0.4, -0.2) is 5.84 Å². The average molecular weight is 277 g/mol. The Morgan fingerprint density at radius 1 is 1.17 bits per heavy atom. The van der Waals surface area contributed by atoms with Crippen LogP contribution in [0.2, 0.25) is 5.02 Å². The molecule has 0 aliphatic carbocycles. The standard InChI is InChI=1S/C14H13ClN2S/c1-9-8-10(14(16)17)6-7-12(9)18-13-5-3-2-4-11(13)15/h2-8H,1H3,(H3,16,17). The first kappa shape index (κ1) is 13.0. The van der Waals surface area contributed by atoms with E-state index in [4.69, 9.17) is 22.7 Å². The van der Waals surface area contributed by atoms with E-state index in [2.05, 4.69) is 0 Å². The predicted octanol–water partition coefficient (Wildman–Crippen LogP) is 4.08. The Labute approximate surface area is 116 Å². The molecule has 2 aromatic rings. The summed E-state index contributed by atoms with van der Waals surface area (Å²) in [5.41, 5.74) is 7.30. The fraction of sp³-hybridized carbons (Fsp3) is 0.0714. The van der Waals surface area contributed by atoms with Gasteiger partial charge in [-0.1, -0.05) is 41.6 Å². The molecule has 0 unspecified atom stereocenters. The van der Waals surface area contributed by atoms with E-state index in [1.54, 1.807) is 11.8 Å². The molecule has 4 heteroatoms. The molecule has 18 heavy (non-hydrogen) atoms. The van der Waals surface area contributed by atoms with Crippen LogP contribution in [0.25, 0.3) is 0 Å². The van der Waals surface area contributed by atoms with E-state index in [1.165, 1.54) is 0 Å². The Bertz CT molecular complexity index is 596. The molecule has 0 bridgehead atoms. The minimum Gasteiger partial charge on any atom is -0.384 e. The normalized spacial score (nSPS) is 10.3. The van der Waals surface area contributed by atoms with E-state index in [1.807, 2.05) is 49.4 Å². The van der Waals surface area contributed by atoms with Gasteiger partial charge in [-0.3, -0.25) is 5.41 Å². The molecule has 0 aromatic heterocycles. The number of rotatable bonds is 3. The van der Waals surface area contributed by atoms with Crippen LogP contribution in [-0.2, 0) is 0 Å². The molecule has 0 aliphatic rings. The maximum absolute atomic E-state index is 7.41. The van der Waals surface area contributed by atoms with Crippen molar-refractivity contribution in [3.05, 3.63) is 58.6 Å². The number of aryl methyl sites for hydroxylation is 1. The van der Waals surface area contributed by atoms with Crippen LogP contribution in [0.15, 0.2) is 52.3 Å². The Balaban J connectivity index is 2.30. The molecule has 0 atom stereocenters. The monoisotopic (exact) mass is 276 g/mol. The summed E-state index contributed by atoms with van der Waals surface area (Å²) in [6.45, 7) is 2.01. The molecule has 2 nitrogen and oxygen atoms in total. The molecule has 0 radical (unpaired) electrons. The Morgan fingerprint density at radius 3 is 2.50 bits per heavy atom. The van der Waals surface area contributed by atoms with Crippen LogP contribution < -0.4 is 5.73 Å². The molecule has 0 fully saturated rings. The van der Waals surface area contributed by atoms with Crippen molar-refractivity contribution < 1.29 is 0 Å². The van der Waals surface area contributed by atoms with E-state index in [0.29, 0.717) is 0 Å². The lowest BCUT2D eigenvalue weighted by Gasteiger charge is -2.08. The molecule has 92 valence electrons. The molecule has 2 aromatic carbocycles. The maximum atomic E-state index is 7.41. The molecule has 0 aliphatic heterocycles. The number of hydrogen-bond donors (Lipinski definition) is 2. The lowest BCUT2D eigenvalue weighted by molar-refractivity contribution is 1.27. The van der Waals surface area contributed by atoms with Gasteiger partial charge in [-0.15, -0.1) is 0 Å². The second-order valence-electron chi connectivity index (χ2n) is 3.93. The third kappa shape index (κ3) is 2.86. The van der Waals surface area contributed by atoms with Crippen LogP contribution in [0, 0.1) is 12.3 Å². The smallest absolute Gasteiger partial charge is 0.122 e. The van der Waals surface area contributed by atoms with Gasteiger partial charge in [-0.25, -0.2) is 0 Å². The predicted molar refractivity (Wildman–Crippen MR) is 77.8 cm³/mol. The van der Waals surface area contributed by atoms with Crippen molar-refractivity contribution in [3.8, 4) is 0 Å². The minimum atomic E-state index is 0.0902. The van der Waals surface area contributed by atoms with E-state index in [-0.39, 0.29) is 5.84 Å². The number of hydrogen-bond acceptors (Lipinski definition) is 2. The van der Waals surface area contributed by atoms with Gasteiger partial charge in [0, 0.05) is 15.4 Å². The van der Waals surface area contributed by atoms with Gasteiger partial charge >= 0.3 is 0 Å². The molecule has 0 saturated carbocycles. The van der Waals surface area contributed by atoms with Gasteiger partial charge in [0.05, 0.1) is 5.02 Å². The first-order chi connectivity index (χ1) is 8.58. The Morgan fingerprint density at radius 2 is 1.89 bits per heavy atom. The zero-order valence-corrected chi connectivity index (χ0v) is 11.5. The lowest BCUT2D eigenvalue weighted by atomic mass is 10.1. The zero-order valence-electron chi connectivity index (χ0n) is 9.91. The van der Waals surface area contributed by atoms with Crippen molar-refractivity contribution in [2.75, 3.05) is 0 Å². The van der Waals surface area contributed by atoms with Crippen LogP contribution >= 0.6 is 23.4 Å². The van der Waals surface area contributed by atoms with E-state index >= 15 is 0 Å². The third-order valence-electron chi connectivity index (χ3n) is 2.54. The fourth-order valence-electron chi connectivity index (χ4n) is 1.58. The summed E-state index contributed by atoms with van der Waals surface area (Å²) in [4.78, 5) is 2.14. The van der Waals surface area contributed by atoms with Gasteiger partial charge in [0.25, 0.3) is 0 Å².